The van der Waals surface area contributed by atoms with Crippen molar-refractivity contribution in [3.05, 3.63) is 0 Å². The van der Waals surface area contributed by atoms with Crippen molar-refractivity contribution in [3.8, 4) is 0 Å². The normalized spacial score (nSPS) is 14.7. The summed E-state index contributed by atoms with van der Waals surface area (Å²) >= 11 is 0. The Balaban J connectivity index is 4.21. The van der Waals surface area contributed by atoms with Crippen LogP contribution in [0, 0.1) is 11.8 Å². The van der Waals surface area contributed by atoms with Gasteiger partial charge in [0.1, 0.15) is 5.92 Å². The largest absolute Gasteiger partial charge is 0.409 e. The summed E-state index contributed by atoms with van der Waals surface area (Å²) in [6.07, 6.45) is -5.38. The number of oxime groups is 1. The van der Waals surface area contributed by atoms with Crippen LogP contribution in [0.2, 0.25) is 0 Å². The first-order valence-corrected chi connectivity index (χ1v) is 5.51. The lowest BCUT2D eigenvalue weighted by molar-refractivity contribution is -0.136. The molecular weight excluding hydrogens is 251 g/mol. The Morgan fingerprint density at radius 1 is 1.44 bits per heavy atom. The van der Waals surface area contributed by atoms with Crippen LogP contribution in [0.5, 0.6) is 0 Å². The Kier molecular flexibility index (Phi) is 6.50. The van der Waals surface area contributed by atoms with Gasteiger partial charge in [0, 0.05) is 13.0 Å². The molecule has 0 rings (SSSR count). The maximum atomic E-state index is 11.9. The van der Waals surface area contributed by atoms with Crippen LogP contribution in [0.4, 0.5) is 13.2 Å². The van der Waals surface area contributed by atoms with E-state index < -0.39 is 24.4 Å². The Labute approximate surface area is 103 Å². The number of amides is 1. The number of halogens is 3. The van der Waals surface area contributed by atoms with Gasteiger partial charge in [0.2, 0.25) is 5.91 Å². The highest BCUT2D eigenvalue weighted by Gasteiger charge is 2.28. The van der Waals surface area contributed by atoms with Gasteiger partial charge in [0.25, 0.3) is 0 Å². The molecule has 0 aromatic heterocycles. The van der Waals surface area contributed by atoms with Gasteiger partial charge in [-0.2, -0.15) is 13.2 Å². The molecule has 0 heterocycles. The lowest BCUT2D eigenvalue weighted by atomic mass is 9.94. The Bertz CT molecular complexity index is 303. The summed E-state index contributed by atoms with van der Waals surface area (Å²) in [5.74, 6) is -1.86. The molecule has 0 bridgehead atoms. The summed E-state index contributed by atoms with van der Waals surface area (Å²) in [5, 5.41) is 13.6. The number of carbonyl (C=O) groups excluding carboxylic acids is 1. The van der Waals surface area contributed by atoms with Gasteiger partial charge in [-0.05, 0) is 12.3 Å². The van der Waals surface area contributed by atoms with Gasteiger partial charge in [-0.25, -0.2) is 0 Å². The van der Waals surface area contributed by atoms with E-state index in [1.165, 1.54) is 0 Å². The van der Waals surface area contributed by atoms with E-state index in [9.17, 15) is 18.0 Å². The van der Waals surface area contributed by atoms with Crippen LogP contribution in [0.1, 0.15) is 26.7 Å². The number of alkyl halides is 3. The van der Waals surface area contributed by atoms with Crippen LogP contribution in [0.25, 0.3) is 0 Å². The van der Waals surface area contributed by atoms with E-state index in [-0.39, 0.29) is 24.7 Å². The van der Waals surface area contributed by atoms with Gasteiger partial charge in [0.05, 0.1) is 0 Å². The summed E-state index contributed by atoms with van der Waals surface area (Å²) in [6.45, 7) is 3.29. The Hall–Kier alpha value is -1.47. The average Bonchev–Trinajstić information content (AvgIpc) is 2.22. The first-order chi connectivity index (χ1) is 8.19. The maximum Gasteiger partial charge on any atom is 0.389 e. The number of amidine groups is 1. The second-order valence-electron chi connectivity index (χ2n) is 4.26. The average molecular weight is 269 g/mol. The first-order valence-electron chi connectivity index (χ1n) is 5.51. The summed E-state index contributed by atoms with van der Waals surface area (Å²) in [6, 6.07) is 0. The summed E-state index contributed by atoms with van der Waals surface area (Å²) in [5.41, 5.74) is 5.35. The van der Waals surface area contributed by atoms with Crippen LogP contribution < -0.4 is 11.1 Å². The zero-order chi connectivity index (χ0) is 14.3. The van der Waals surface area contributed by atoms with Crippen molar-refractivity contribution in [2.75, 3.05) is 6.54 Å². The predicted octanol–water partition coefficient (Wildman–Crippen LogP) is 1.46. The summed E-state index contributed by atoms with van der Waals surface area (Å²) < 4.78 is 35.6. The minimum atomic E-state index is -4.23. The SMILES string of the molecule is CC(C)C(C(=O)NCCCC(F)(F)F)C(N)=NO. The monoisotopic (exact) mass is 269 g/mol. The first kappa shape index (κ1) is 16.5. The van der Waals surface area contributed by atoms with Gasteiger partial charge in [-0.1, -0.05) is 19.0 Å². The standard InChI is InChI=1S/C10H18F3N3O2/c1-6(2)7(8(14)16-18)9(17)15-5-3-4-10(11,12)13/h6-7,18H,3-5H2,1-2H3,(H2,14,16)(H,15,17). The molecule has 1 unspecified atom stereocenters. The smallest absolute Gasteiger partial charge is 0.389 e. The third kappa shape index (κ3) is 6.31. The van der Waals surface area contributed by atoms with Crippen molar-refractivity contribution in [3.63, 3.8) is 0 Å². The van der Waals surface area contributed by atoms with Crippen molar-refractivity contribution in [2.45, 2.75) is 32.9 Å². The molecule has 106 valence electrons. The number of hydrogen-bond donors (Lipinski definition) is 3. The maximum absolute atomic E-state index is 11.9. The van der Waals surface area contributed by atoms with Crippen LogP contribution in [0.15, 0.2) is 5.16 Å². The van der Waals surface area contributed by atoms with Gasteiger partial charge < -0.3 is 16.3 Å². The number of carbonyl (C=O) groups is 1. The number of nitrogens with two attached hydrogens (primary N) is 1. The highest BCUT2D eigenvalue weighted by Crippen LogP contribution is 2.20. The van der Waals surface area contributed by atoms with E-state index in [1.807, 2.05) is 0 Å². The molecule has 0 saturated heterocycles. The van der Waals surface area contributed by atoms with Crippen LogP contribution in [-0.2, 0) is 4.79 Å². The summed E-state index contributed by atoms with van der Waals surface area (Å²) in [7, 11) is 0. The molecule has 0 aliphatic carbocycles. The molecule has 1 amide bonds. The van der Waals surface area contributed by atoms with Crippen molar-refractivity contribution in [1.82, 2.24) is 5.32 Å². The Morgan fingerprint density at radius 2 is 2.00 bits per heavy atom. The summed E-state index contributed by atoms with van der Waals surface area (Å²) in [4.78, 5) is 11.6. The fourth-order valence-electron chi connectivity index (χ4n) is 1.45. The lowest BCUT2D eigenvalue weighted by Gasteiger charge is -2.18. The molecular formula is C10H18F3N3O2. The van der Waals surface area contributed by atoms with E-state index >= 15 is 0 Å². The van der Waals surface area contributed by atoms with Crippen LogP contribution in [0.3, 0.4) is 0 Å². The number of rotatable bonds is 6. The molecule has 18 heavy (non-hydrogen) atoms. The van der Waals surface area contributed by atoms with Crippen molar-refractivity contribution in [1.29, 1.82) is 0 Å². The third-order valence-electron chi connectivity index (χ3n) is 2.32. The fourth-order valence-corrected chi connectivity index (χ4v) is 1.45. The van der Waals surface area contributed by atoms with Crippen molar-refractivity contribution < 1.29 is 23.2 Å². The molecule has 0 aliphatic heterocycles. The molecule has 0 saturated carbocycles. The van der Waals surface area contributed by atoms with Crippen molar-refractivity contribution >= 4 is 11.7 Å². The minimum absolute atomic E-state index is 0.0970. The van der Waals surface area contributed by atoms with E-state index in [1.54, 1.807) is 13.8 Å². The number of hydrogen-bond acceptors (Lipinski definition) is 3. The molecule has 1 atom stereocenters. The van der Waals surface area contributed by atoms with Gasteiger partial charge >= 0.3 is 6.18 Å². The fraction of sp³-hybridized carbons (Fsp3) is 0.800. The van der Waals surface area contributed by atoms with E-state index in [4.69, 9.17) is 10.9 Å². The highest BCUT2D eigenvalue weighted by atomic mass is 19.4. The highest BCUT2D eigenvalue weighted by molar-refractivity contribution is 6.02. The van der Waals surface area contributed by atoms with Crippen molar-refractivity contribution in [2.24, 2.45) is 22.7 Å². The van der Waals surface area contributed by atoms with Gasteiger partial charge in [-0.15, -0.1) is 0 Å². The predicted molar refractivity (Wildman–Crippen MR) is 60.0 cm³/mol. The Morgan fingerprint density at radius 3 is 2.39 bits per heavy atom. The van der Waals surface area contributed by atoms with E-state index in [2.05, 4.69) is 10.5 Å². The molecule has 8 heteroatoms. The quantitative estimate of drug-likeness (QED) is 0.224. The number of nitrogens with one attached hydrogen (secondary N) is 1. The lowest BCUT2D eigenvalue weighted by Crippen LogP contribution is -2.42. The second-order valence-corrected chi connectivity index (χ2v) is 4.26. The topological polar surface area (TPSA) is 87.7 Å². The molecule has 5 nitrogen and oxygen atoms in total. The third-order valence-corrected chi connectivity index (χ3v) is 2.32. The second kappa shape index (κ2) is 7.07. The van der Waals surface area contributed by atoms with E-state index in [0.29, 0.717) is 0 Å². The molecule has 0 aliphatic rings. The molecule has 0 radical (unpaired) electrons. The molecule has 0 aromatic carbocycles. The molecule has 0 fully saturated rings. The zero-order valence-electron chi connectivity index (χ0n) is 10.3. The molecule has 4 N–H and O–H groups in total. The van der Waals surface area contributed by atoms with Crippen LogP contribution >= 0.6 is 0 Å². The van der Waals surface area contributed by atoms with Gasteiger partial charge in [-0.3, -0.25) is 4.79 Å². The minimum Gasteiger partial charge on any atom is -0.409 e. The van der Waals surface area contributed by atoms with E-state index in [0.717, 1.165) is 0 Å². The zero-order valence-corrected chi connectivity index (χ0v) is 10.3. The van der Waals surface area contributed by atoms with Gasteiger partial charge in [0.15, 0.2) is 5.84 Å². The molecule has 0 aromatic rings. The molecule has 0 spiro atoms. The number of nitrogens with zero attached hydrogens (tertiary/aromatic N) is 1. The van der Waals surface area contributed by atoms with Crippen LogP contribution in [-0.4, -0.2) is 29.7 Å².